The molecule has 0 aliphatic carbocycles. The van der Waals surface area contributed by atoms with Crippen LogP contribution in [0.3, 0.4) is 0 Å². The van der Waals surface area contributed by atoms with E-state index < -0.39 is 30.5 Å². The quantitative estimate of drug-likeness (QED) is 0.372. The highest BCUT2D eigenvalue weighted by atomic mass is 19.2. The van der Waals surface area contributed by atoms with E-state index in [0.29, 0.717) is 24.7 Å². The third-order valence-electron chi connectivity index (χ3n) is 6.07. The fourth-order valence-electron chi connectivity index (χ4n) is 4.10. The molecule has 174 valence electrons. The van der Waals surface area contributed by atoms with Gasteiger partial charge in [0, 0.05) is 22.5 Å². The van der Waals surface area contributed by atoms with Crippen molar-refractivity contribution >= 4 is 12.6 Å². The van der Waals surface area contributed by atoms with Crippen LogP contribution in [0.15, 0.2) is 36.4 Å². The van der Waals surface area contributed by atoms with Crippen LogP contribution in [-0.2, 0) is 9.47 Å². The molecule has 1 heterocycles. The fourth-order valence-corrected chi connectivity index (χ4v) is 4.10. The Balaban J connectivity index is 1.48. The molecule has 2 aromatic carbocycles. The van der Waals surface area contributed by atoms with Crippen LogP contribution in [-0.4, -0.2) is 30.4 Å². The first kappa shape index (κ1) is 24.8. The molecule has 7 heteroatoms. The van der Waals surface area contributed by atoms with Crippen LogP contribution in [0.25, 0.3) is 11.1 Å². The number of hydrogen-bond donors (Lipinski definition) is 2. The van der Waals surface area contributed by atoms with Gasteiger partial charge in [-0.05, 0) is 12.0 Å². The molecule has 0 bridgehead atoms. The van der Waals surface area contributed by atoms with Gasteiger partial charge in [-0.1, -0.05) is 88.3 Å². The monoisotopic (exact) mass is 446 g/mol. The van der Waals surface area contributed by atoms with Crippen LogP contribution in [0.5, 0.6) is 0 Å². The van der Waals surface area contributed by atoms with E-state index in [2.05, 4.69) is 6.92 Å². The molecule has 2 N–H and O–H groups in total. The minimum absolute atomic E-state index is 0.0543. The molecule has 0 unspecified atom stereocenters. The minimum Gasteiger partial charge on any atom is -0.423 e. The first-order valence-electron chi connectivity index (χ1n) is 11.7. The molecule has 0 aromatic heterocycles. The summed E-state index contributed by atoms with van der Waals surface area (Å²) in [6.45, 7) is 3.55. The van der Waals surface area contributed by atoms with Crippen molar-refractivity contribution in [1.82, 2.24) is 0 Å². The lowest BCUT2D eigenvalue weighted by atomic mass is 9.79. The summed E-state index contributed by atoms with van der Waals surface area (Å²) in [4.78, 5) is 0. The van der Waals surface area contributed by atoms with Gasteiger partial charge in [0.25, 0.3) is 0 Å². The summed E-state index contributed by atoms with van der Waals surface area (Å²) in [7, 11) is -2.06. The lowest BCUT2D eigenvalue weighted by Gasteiger charge is -2.29. The van der Waals surface area contributed by atoms with Gasteiger partial charge in [0.2, 0.25) is 0 Å². The molecule has 0 spiro atoms. The minimum atomic E-state index is -2.06. The first-order valence-corrected chi connectivity index (χ1v) is 11.7. The Labute approximate surface area is 189 Å². The van der Waals surface area contributed by atoms with Crippen LogP contribution >= 0.6 is 0 Å². The second kappa shape index (κ2) is 12.4. The van der Waals surface area contributed by atoms with Gasteiger partial charge in [0.1, 0.15) is 0 Å². The molecular formula is C25H33BF2O4. The average molecular weight is 446 g/mol. The molecule has 0 atom stereocenters. The molecule has 2 aromatic rings. The number of hydrogen-bond acceptors (Lipinski definition) is 4. The standard InChI is InChI=1S/C25H33BF2O4/c1-2-3-4-5-6-7-8-9-18-16-31-25(32-17-18)20-12-10-19(11-13-20)21-14-15-22(26(29)30)24(28)23(21)27/h10-15,18,25,29-30H,2-9,16-17H2,1H3. The number of ether oxygens (including phenoxy) is 2. The third kappa shape index (κ3) is 6.61. The van der Waals surface area contributed by atoms with Gasteiger partial charge >= 0.3 is 7.12 Å². The Morgan fingerprint density at radius 2 is 1.47 bits per heavy atom. The van der Waals surface area contributed by atoms with Gasteiger partial charge in [-0.25, -0.2) is 8.78 Å². The largest absolute Gasteiger partial charge is 0.491 e. The van der Waals surface area contributed by atoms with Crippen LogP contribution in [0, 0.1) is 17.6 Å². The smallest absolute Gasteiger partial charge is 0.423 e. The van der Waals surface area contributed by atoms with Crippen molar-refractivity contribution < 1.29 is 28.3 Å². The highest BCUT2D eigenvalue weighted by Gasteiger charge is 2.24. The zero-order chi connectivity index (χ0) is 22.9. The van der Waals surface area contributed by atoms with Crippen molar-refractivity contribution in [3.05, 3.63) is 53.6 Å². The van der Waals surface area contributed by atoms with Crippen LogP contribution in [0.4, 0.5) is 8.78 Å². The second-order valence-electron chi connectivity index (χ2n) is 8.60. The molecule has 3 rings (SSSR count). The van der Waals surface area contributed by atoms with Crippen molar-refractivity contribution in [2.75, 3.05) is 13.2 Å². The van der Waals surface area contributed by atoms with Gasteiger partial charge in [0.15, 0.2) is 17.9 Å². The molecule has 1 aliphatic rings. The van der Waals surface area contributed by atoms with E-state index in [-0.39, 0.29) is 5.56 Å². The maximum Gasteiger partial charge on any atom is 0.491 e. The molecule has 1 fully saturated rings. The van der Waals surface area contributed by atoms with E-state index in [9.17, 15) is 8.78 Å². The van der Waals surface area contributed by atoms with Gasteiger partial charge < -0.3 is 19.5 Å². The van der Waals surface area contributed by atoms with Crippen LogP contribution in [0.2, 0.25) is 0 Å². The molecule has 1 saturated heterocycles. The lowest BCUT2D eigenvalue weighted by Crippen LogP contribution is -2.33. The van der Waals surface area contributed by atoms with Crippen LogP contribution < -0.4 is 5.46 Å². The molecular weight excluding hydrogens is 413 g/mol. The highest BCUT2D eigenvalue weighted by molar-refractivity contribution is 6.58. The van der Waals surface area contributed by atoms with Crippen molar-refractivity contribution in [1.29, 1.82) is 0 Å². The Morgan fingerprint density at radius 3 is 2.09 bits per heavy atom. The van der Waals surface area contributed by atoms with Crippen molar-refractivity contribution in [3.8, 4) is 11.1 Å². The van der Waals surface area contributed by atoms with Crippen molar-refractivity contribution in [2.45, 2.75) is 64.6 Å². The molecule has 0 saturated carbocycles. The zero-order valence-electron chi connectivity index (χ0n) is 18.7. The summed E-state index contributed by atoms with van der Waals surface area (Å²) < 4.78 is 40.2. The zero-order valence-corrected chi connectivity index (χ0v) is 18.7. The van der Waals surface area contributed by atoms with Gasteiger partial charge in [-0.3, -0.25) is 0 Å². The van der Waals surface area contributed by atoms with Crippen molar-refractivity contribution in [2.24, 2.45) is 5.92 Å². The van der Waals surface area contributed by atoms with E-state index in [1.165, 1.54) is 57.1 Å². The highest BCUT2D eigenvalue weighted by Crippen LogP contribution is 2.30. The first-order chi connectivity index (χ1) is 15.5. The van der Waals surface area contributed by atoms with E-state index in [0.717, 1.165) is 12.0 Å². The molecule has 1 aliphatic heterocycles. The topological polar surface area (TPSA) is 58.9 Å². The number of unbranched alkanes of at least 4 members (excludes halogenated alkanes) is 6. The number of rotatable bonds is 11. The number of benzene rings is 2. The fraction of sp³-hybridized carbons (Fsp3) is 0.520. The Hall–Kier alpha value is -1.80. The summed E-state index contributed by atoms with van der Waals surface area (Å²) in [6.07, 6.45) is 9.71. The summed E-state index contributed by atoms with van der Waals surface area (Å²) in [5.74, 6) is -1.95. The SMILES string of the molecule is CCCCCCCCCC1COC(c2ccc(-c3ccc(B(O)O)c(F)c3F)cc2)OC1. The van der Waals surface area contributed by atoms with Gasteiger partial charge in [-0.2, -0.15) is 0 Å². The predicted octanol–water partition coefficient (Wildman–Crippen LogP) is 5.11. The Bertz CT molecular complexity index is 837. The predicted molar refractivity (Wildman–Crippen MR) is 122 cm³/mol. The summed E-state index contributed by atoms with van der Waals surface area (Å²) in [5, 5.41) is 18.2. The molecule has 4 nitrogen and oxygen atoms in total. The van der Waals surface area contributed by atoms with E-state index in [4.69, 9.17) is 19.5 Å². The summed E-state index contributed by atoms with van der Waals surface area (Å²) in [6, 6.07) is 9.43. The Kier molecular flexibility index (Phi) is 9.66. The Morgan fingerprint density at radius 1 is 0.844 bits per heavy atom. The molecule has 0 amide bonds. The second-order valence-corrected chi connectivity index (χ2v) is 8.60. The van der Waals surface area contributed by atoms with E-state index >= 15 is 0 Å². The molecule has 0 radical (unpaired) electrons. The normalized spacial score (nSPS) is 18.7. The maximum atomic E-state index is 14.4. The average Bonchev–Trinajstić information content (AvgIpc) is 2.80. The van der Waals surface area contributed by atoms with E-state index in [1.54, 1.807) is 24.3 Å². The molecule has 32 heavy (non-hydrogen) atoms. The summed E-state index contributed by atoms with van der Waals surface area (Å²) >= 11 is 0. The lowest BCUT2D eigenvalue weighted by molar-refractivity contribution is -0.206. The van der Waals surface area contributed by atoms with Crippen LogP contribution in [0.1, 0.15) is 70.1 Å². The van der Waals surface area contributed by atoms with E-state index in [1.807, 2.05) is 0 Å². The maximum absolute atomic E-state index is 14.4. The number of halogens is 2. The third-order valence-corrected chi connectivity index (χ3v) is 6.07. The summed E-state index contributed by atoms with van der Waals surface area (Å²) in [5.41, 5.74) is 0.875. The van der Waals surface area contributed by atoms with Crippen molar-refractivity contribution in [3.63, 3.8) is 0 Å². The van der Waals surface area contributed by atoms with Gasteiger partial charge in [0.05, 0.1) is 13.2 Å². The van der Waals surface area contributed by atoms with Gasteiger partial charge in [-0.15, -0.1) is 0 Å².